The van der Waals surface area contributed by atoms with Gasteiger partial charge in [0.1, 0.15) is 7.11 Å². The lowest BCUT2D eigenvalue weighted by atomic mass is 9.88. The van der Waals surface area contributed by atoms with Gasteiger partial charge in [-0.3, -0.25) is 0 Å². The summed E-state index contributed by atoms with van der Waals surface area (Å²) in [7, 11) is 3.14. The highest BCUT2D eigenvalue weighted by atomic mass is 16.6. The van der Waals surface area contributed by atoms with Crippen LogP contribution in [0.15, 0.2) is 5.16 Å². The zero-order valence-corrected chi connectivity index (χ0v) is 10.3. The van der Waals surface area contributed by atoms with E-state index >= 15 is 0 Å². The van der Waals surface area contributed by atoms with Crippen LogP contribution in [0.2, 0.25) is 0 Å². The lowest BCUT2D eigenvalue weighted by Gasteiger charge is -2.29. The maximum absolute atomic E-state index is 9.76. The average Bonchev–Trinajstić information content (AvgIpc) is 2.26. The van der Waals surface area contributed by atoms with Crippen molar-refractivity contribution in [2.24, 2.45) is 17.0 Å². The van der Waals surface area contributed by atoms with Gasteiger partial charge in [0.2, 0.25) is 0 Å². The zero-order valence-electron chi connectivity index (χ0n) is 10.3. The number of aliphatic hydroxyl groups is 1. The molecule has 0 spiro atoms. The van der Waals surface area contributed by atoms with E-state index in [1.807, 2.05) is 20.8 Å². The van der Waals surface area contributed by atoms with E-state index in [1.165, 1.54) is 7.11 Å². The molecular weight excluding hydrogens is 194 g/mol. The van der Waals surface area contributed by atoms with Crippen LogP contribution >= 0.6 is 0 Å². The number of hydrogen-bond donors (Lipinski definition) is 1. The summed E-state index contributed by atoms with van der Waals surface area (Å²) in [6.07, 6.45) is 1.84. The highest BCUT2D eigenvalue weighted by Crippen LogP contribution is 2.20. The molecule has 0 aromatic carbocycles. The van der Waals surface area contributed by atoms with E-state index in [4.69, 9.17) is 4.74 Å². The number of ether oxygens (including phenoxy) is 1. The van der Waals surface area contributed by atoms with Crippen molar-refractivity contribution in [3.8, 4) is 0 Å². The molecule has 0 aromatic heterocycles. The molecule has 0 aliphatic heterocycles. The first-order chi connectivity index (χ1) is 7.08. The maximum atomic E-state index is 9.76. The lowest BCUT2D eigenvalue weighted by molar-refractivity contribution is -0.0486. The fraction of sp³-hybridized carbons (Fsp3) is 0.909. The Morgan fingerprint density at radius 3 is 2.33 bits per heavy atom. The molecule has 0 aliphatic rings. The number of aliphatic hydroxyl groups excluding tert-OH is 1. The Morgan fingerprint density at radius 1 is 1.33 bits per heavy atom. The van der Waals surface area contributed by atoms with Crippen molar-refractivity contribution in [3.05, 3.63) is 0 Å². The smallest absolute Gasteiger partial charge is 0.106 e. The molecule has 4 nitrogen and oxygen atoms in total. The molecule has 1 N–H and O–H groups in total. The van der Waals surface area contributed by atoms with Gasteiger partial charge in [-0.05, 0) is 18.3 Å². The van der Waals surface area contributed by atoms with E-state index in [0.29, 0.717) is 6.42 Å². The number of rotatable bonds is 7. The molecule has 4 atom stereocenters. The largest absolute Gasteiger partial charge is 0.399 e. The third-order valence-electron chi connectivity index (χ3n) is 2.82. The molecule has 4 heteroatoms. The van der Waals surface area contributed by atoms with Crippen LogP contribution in [-0.4, -0.2) is 37.7 Å². The first kappa shape index (κ1) is 14.4. The Bertz CT molecular complexity index is 185. The Balaban J connectivity index is 4.36. The van der Waals surface area contributed by atoms with Crippen LogP contribution in [0.5, 0.6) is 0 Å². The van der Waals surface area contributed by atoms with E-state index in [2.05, 4.69) is 9.99 Å². The number of methoxy groups -OCH3 is 1. The van der Waals surface area contributed by atoms with Gasteiger partial charge in [0.05, 0.1) is 12.2 Å². The van der Waals surface area contributed by atoms with Crippen molar-refractivity contribution < 1.29 is 14.7 Å². The van der Waals surface area contributed by atoms with E-state index in [1.54, 1.807) is 13.3 Å². The second kappa shape index (κ2) is 7.65. The van der Waals surface area contributed by atoms with Crippen LogP contribution in [0.1, 0.15) is 27.2 Å². The lowest BCUT2D eigenvalue weighted by Crippen LogP contribution is -2.37. The Hall–Kier alpha value is -0.610. The summed E-state index contributed by atoms with van der Waals surface area (Å²) in [5.41, 5.74) is 0. The zero-order chi connectivity index (χ0) is 11.8. The van der Waals surface area contributed by atoms with Crippen LogP contribution in [0.25, 0.3) is 0 Å². The fourth-order valence-corrected chi connectivity index (χ4v) is 1.55. The first-order valence-electron chi connectivity index (χ1n) is 5.35. The van der Waals surface area contributed by atoms with Crippen LogP contribution in [-0.2, 0) is 9.57 Å². The summed E-state index contributed by atoms with van der Waals surface area (Å²) in [4.78, 5) is 4.63. The average molecular weight is 217 g/mol. The quantitative estimate of drug-likeness (QED) is 0.521. The predicted octanol–water partition coefficient (Wildman–Crippen LogP) is 1.68. The molecule has 0 saturated carbocycles. The Morgan fingerprint density at radius 2 is 1.93 bits per heavy atom. The highest BCUT2D eigenvalue weighted by molar-refractivity contribution is 5.59. The maximum Gasteiger partial charge on any atom is 0.106 e. The third-order valence-corrected chi connectivity index (χ3v) is 2.82. The van der Waals surface area contributed by atoms with Crippen LogP contribution in [0.3, 0.4) is 0 Å². The number of oxime groups is 1. The standard InChI is InChI=1S/C11H23NO3/c1-6-10(13)11(14-4)9(3)8(2)7-12-15-5/h7-11,13H,6H2,1-5H3. The van der Waals surface area contributed by atoms with Crippen molar-refractivity contribution >= 4 is 6.21 Å². The minimum atomic E-state index is -0.427. The van der Waals surface area contributed by atoms with Gasteiger partial charge < -0.3 is 14.7 Å². The van der Waals surface area contributed by atoms with E-state index < -0.39 is 6.10 Å². The Kier molecular flexibility index (Phi) is 7.34. The molecule has 0 fully saturated rings. The first-order valence-corrected chi connectivity index (χ1v) is 5.35. The molecule has 0 rings (SSSR count). The molecule has 0 heterocycles. The van der Waals surface area contributed by atoms with Crippen molar-refractivity contribution in [3.63, 3.8) is 0 Å². The van der Waals surface area contributed by atoms with Crippen LogP contribution < -0.4 is 0 Å². The topological polar surface area (TPSA) is 51.0 Å². The van der Waals surface area contributed by atoms with Gasteiger partial charge >= 0.3 is 0 Å². The van der Waals surface area contributed by atoms with Crippen LogP contribution in [0, 0.1) is 11.8 Å². The fourth-order valence-electron chi connectivity index (χ4n) is 1.55. The molecule has 0 saturated heterocycles. The van der Waals surface area contributed by atoms with Gasteiger partial charge in [-0.15, -0.1) is 0 Å². The summed E-state index contributed by atoms with van der Waals surface area (Å²) in [6.45, 7) is 6.01. The second-order valence-corrected chi connectivity index (χ2v) is 3.83. The van der Waals surface area contributed by atoms with Crippen molar-refractivity contribution in [1.29, 1.82) is 0 Å². The summed E-state index contributed by atoms with van der Waals surface area (Å²) < 4.78 is 5.31. The summed E-state index contributed by atoms with van der Waals surface area (Å²) >= 11 is 0. The summed E-state index contributed by atoms with van der Waals surface area (Å²) in [5, 5.41) is 13.5. The predicted molar refractivity (Wildman–Crippen MR) is 60.9 cm³/mol. The van der Waals surface area contributed by atoms with E-state index in [-0.39, 0.29) is 17.9 Å². The van der Waals surface area contributed by atoms with Crippen molar-refractivity contribution in [1.82, 2.24) is 0 Å². The second-order valence-electron chi connectivity index (χ2n) is 3.83. The molecule has 90 valence electrons. The minimum Gasteiger partial charge on any atom is -0.399 e. The van der Waals surface area contributed by atoms with Gasteiger partial charge in [-0.1, -0.05) is 25.9 Å². The summed E-state index contributed by atoms with van der Waals surface area (Å²) in [5.74, 6) is 0.403. The van der Waals surface area contributed by atoms with E-state index in [0.717, 1.165) is 0 Å². The number of nitrogens with zero attached hydrogens (tertiary/aromatic N) is 1. The van der Waals surface area contributed by atoms with Crippen molar-refractivity contribution in [2.75, 3.05) is 14.2 Å². The van der Waals surface area contributed by atoms with Gasteiger partial charge in [-0.25, -0.2) is 0 Å². The normalized spacial score (nSPS) is 19.9. The summed E-state index contributed by atoms with van der Waals surface area (Å²) in [6, 6.07) is 0. The minimum absolute atomic E-state index is 0.159. The molecule has 4 unspecified atom stereocenters. The Labute approximate surface area is 92.3 Å². The monoisotopic (exact) mass is 217 g/mol. The molecule has 0 bridgehead atoms. The molecule has 0 aromatic rings. The van der Waals surface area contributed by atoms with Gasteiger partial charge in [0.15, 0.2) is 0 Å². The van der Waals surface area contributed by atoms with Crippen LogP contribution in [0.4, 0.5) is 0 Å². The number of hydrogen-bond acceptors (Lipinski definition) is 4. The molecule has 0 amide bonds. The molecule has 0 aliphatic carbocycles. The van der Waals surface area contributed by atoms with Gasteiger partial charge in [-0.2, -0.15) is 0 Å². The molecular formula is C11H23NO3. The SMILES string of the molecule is CCC(O)C(OC)C(C)C(C)C=NOC. The van der Waals surface area contributed by atoms with E-state index in [9.17, 15) is 5.11 Å². The molecule has 0 radical (unpaired) electrons. The van der Waals surface area contributed by atoms with Gasteiger partial charge in [0.25, 0.3) is 0 Å². The highest BCUT2D eigenvalue weighted by Gasteiger charge is 2.27. The van der Waals surface area contributed by atoms with Crippen molar-refractivity contribution in [2.45, 2.75) is 39.4 Å². The van der Waals surface area contributed by atoms with Gasteiger partial charge in [0, 0.05) is 13.3 Å². The third kappa shape index (κ3) is 4.62. The molecule has 15 heavy (non-hydrogen) atoms.